The van der Waals surface area contributed by atoms with Gasteiger partial charge in [-0.25, -0.2) is 4.98 Å². The SMILES string of the molecule is COc1ccc(C(=O)Nc2ccc(C)c(OCc3cc(=O)n4cccc(C)c4n3)c2)cc1OC. The molecule has 2 aromatic heterocycles. The summed E-state index contributed by atoms with van der Waals surface area (Å²) in [5.74, 6) is 1.30. The number of rotatable bonds is 7. The van der Waals surface area contributed by atoms with E-state index in [2.05, 4.69) is 10.3 Å². The van der Waals surface area contributed by atoms with Gasteiger partial charge in [-0.3, -0.25) is 14.0 Å². The van der Waals surface area contributed by atoms with Crippen molar-refractivity contribution in [3.05, 3.63) is 93.5 Å². The Morgan fingerprint density at radius 3 is 2.50 bits per heavy atom. The van der Waals surface area contributed by atoms with Crippen molar-refractivity contribution in [3.63, 3.8) is 0 Å². The third-order valence-electron chi connectivity index (χ3n) is 5.41. The first-order chi connectivity index (χ1) is 16.4. The van der Waals surface area contributed by atoms with E-state index in [-0.39, 0.29) is 18.1 Å². The highest BCUT2D eigenvalue weighted by Crippen LogP contribution is 2.28. The molecule has 0 aliphatic heterocycles. The zero-order valence-corrected chi connectivity index (χ0v) is 19.4. The number of carbonyl (C=O) groups is 1. The van der Waals surface area contributed by atoms with E-state index in [9.17, 15) is 9.59 Å². The lowest BCUT2D eigenvalue weighted by Gasteiger charge is -2.13. The highest BCUT2D eigenvalue weighted by molar-refractivity contribution is 6.04. The number of benzene rings is 2. The Morgan fingerprint density at radius 2 is 1.74 bits per heavy atom. The minimum absolute atomic E-state index is 0.119. The van der Waals surface area contributed by atoms with Gasteiger partial charge in [-0.05, 0) is 55.3 Å². The monoisotopic (exact) mass is 459 g/mol. The van der Waals surface area contributed by atoms with Gasteiger partial charge in [0.2, 0.25) is 0 Å². The summed E-state index contributed by atoms with van der Waals surface area (Å²) in [5, 5.41) is 2.87. The number of hydrogen-bond acceptors (Lipinski definition) is 6. The third-order valence-corrected chi connectivity index (χ3v) is 5.41. The molecule has 4 rings (SSSR count). The van der Waals surface area contributed by atoms with Gasteiger partial charge in [0.15, 0.2) is 11.5 Å². The average Bonchev–Trinajstić information content (AvgIpc) is 2.84. The van der Waals surface area contributed by atoms with Gasteiger partial charge < -0.3 is 19.5 Å². The van der Waals surface area contributed by atoms with Crippen LogP contribution in [0.4, 0.5) is 5.69 Å². The number of fused-ring (bicyclic) bond motifs is 1. The molecule has 0 saturated carbocycles. The van der Waals surface area contributed by atoms with Crippen molar-refractivity contribution >= 4 is 17.2 Å². The average molecular weight is 460 g/mol. The first-order valence-electron chi connectivity index (χ1n) is 10.6. The summed E-state index contributed by atoms with van der Waals surface area (Å²) in [7, 11) is 3.06. The molecular formula is C26H25N3O5. The van der Waals surface area contributed by atoms with Crippen molar-refractivity contribution in [1.82, 2.24) is 9.38 Å². The van der Waals surface area contributed by atoms with Gasteiger partial charge in [-0.15, -0.1) is 0 Å². The van der Waals surface area contributed by atoms with Gasteiger partial charge in [0.1, 0.15) is 18.0 Å². The van der Waals surface area contributed by atoms with E-state index in [1.165, 1.54) is 24.7 Å². The van der Waals surface area contributed by atoms with E-state index in [1.54, 1.807) is 36.5 Å². The van der Waals surface area contributed by atoms with Crippen LogP contribution in [-0.2, 0) is 6.61 Å². The van der Waals surface area contributed by atoms with Crippen molar-refractivity contribution in [1.29, 1.82) is 0 Å². The molecule has 0 atom stereocenters. The number of hydrogen-bond donors (Lipinski definition) is 1. The van der Waals surface area contributed by atoms with Crippen molar-refractivity contribution in [2.75, 3.05) is 19.5 Å². The van der Waals surface area contributed by atoms with E-state index in [1.807, 2.05) is 32.0 Å². The number of amides is 1. The van der Waals surface area contributed by atoms with Crippen molar-refractivity contribution in [3.8, 4) is 17.2 Å². The third kappa shape index (κ3) is 4.71. The molecule has 2 aromatic carbocycles. The molecule has 2 heterocycles. The van der Waals surface area contributed by atoms with E-state index >= 15 is 0 Å². The van der Waals surface area contributed by atoms with Crippen LogP contribution in [-0.4, -0.2) is 29.5 Å². The van der Waals surface area contributed by atoms with Crippen LogP contribution in [0.5, 0.6) is 17.2 Å². The van der Waals surface area contributed by atoms with Crippen LogP contribution in [0.2, 0.25) is 0 Å². The second-order valence-electron chi connectivity index (χ2n) is 7.76. The van der Waals surface area contributed by atoms with Gasteiger partial charge in [0.05, 0.1) is 19.9 Å². The number of methoxy groups -OCH3 is 2. The molecular weight excluding hydrogens is 434 g/mol. The predicted octanol–water partition coefficient (Wildman–Crippen LogP) is 4.16. The number of anilines is 1. The lowest BCUT2D eigenvalue weighted by atomic mass is 10.1. The molecule has 0 saturated heterocycles. The highest BCUT2D eigenvalue weighted by atomic mass is 16.5. The minimum Gasteiger partial charge on any atom is -0.493 e. The van der Waals surface area contributed by atoms with Crippen LogP contribution in [0.25, 0.3) is 5.65 Å². The zero-order chi connectivity index (χ0) is 24.2. The maximum absolute atomic E-state index is 12.8. The first-order valence-corrected chi connectivity index (χ1v) is 10.6. The maximum Gasteiger partial charge on any atom is 0.258 e. The molecule has 0 aliphatic rings. The number of ether oxygens (including phenoxy) is 3. The largest absolute Gasteiger partial charge is 0.493 e. The van der Waals surface area contributed by atoms with E-state index in [4.69, 9.17) is 14.2 Å². The molecule has 4 aromatic rings. The molecule has 1 amide bonds. The van der Waals surface area contributed by atoms with Gasteiger partial charge in [-0.1, -0.05) is 12.1 Å². The van der Waals surface area contributed by atoms with E-state index in [0.717, 1.165) is 11.1 Å². The Hall–Kier alpha value is -4.33. The molecule has 0 aliphatic carbocycles. The fraction of sp³-hybridized carbons (Fsp3) is 0.192. The fourth-order valence-electron chi connectivity index (χ4n) is 3.55. The van der Waals surface area contributed by atoms with Crippen LogP contribution in [0.1, 0.15) is 27.2 Å². The molecule has 1 N–H and O–H groups in total. The number of pyridine rings is 1. The lowest BCUT2D eigenvalue weighted by molar-refractivity contribution is 0.102. The molecule has 0 bridgehead atoms. The summed E-state index contributed by atoms with van der Waals surface area (Å²) >= 11 is 0. The summed E-state index contributed by atoms with van der Waals surface area (Å²) in [6.07, 6.45) is 1.69. The number of aromatic nitrogens is 2. The Morgan fingerprint density at radius 1 is 0.941 bits per heavy atom. The van der Waals surface area contributed by atoms with Crippen LogP contribution in [0, 0.1) is 13.8 Å². The van der Waals surface area contributed by atoms with Gasteiger partial charge in [-0.2, -0.15) is 0 Å². The van der Waals surface area contributed by atoms with E-state index < -0.39 is 0 Å². The molecule has 8 nitrogen and oxygen atoms in total. The lowest BCUT2D eigenvalue weighted by Crippen LogP contribution is -2.17. The Balaban J connectivity index is 1.52. The second kappa shape index (κ2) is 9.66. The van der Waals surface area contributed by atoms with Crippen LogP contribution >= 0.6 is 0 Å². The predicted molar refractivity (Wildman–Crippen MR) is 129 cm³/mol. The summed E-state index contributed by atoms with van der Waals surface area (Å²) < 4.78 is 18.0. The second-order valence-corrected chi connectivity index (χ2v) is 7.76. The van der Waals surface area contributed by atoms with Crippen molar-refractivity contribution < 1.29 is 19.0 Å². The standard InChI is InChI=1S/C26H25N3O5/c1-16-7-9-19(28-26(31)18-8-10-21(32-3)23(12-18)33-4)13-22(16)34-15-20-14-24(30)29-11-5-6-17(2)25(29)27-20/h5-14H,15H2,1-4H3,(H,28,31). The van der Waals surface area contributed by atoms with Crippen molar-refractivity contribution in [2.24, 2.45) is 0 Å². The molecule has 0 fully saturated rings. The Labute approximate surface area is 196 Å². The van der Waals surface area contributed by atoms with Gasteiger partial charge >= 0.3 is 0 Å². The number of nitrogens with one attached hydrogen (secondary N) is 1. The molecule has 0 radical (unpaired) electrons. The highest BCUT2D eigenvalue weighted by Gasteiger charge is 2.13. The summed E-state index contributed by atoms with van der Waals surface area (Å²) in [6.45, 7) is 3.93. The number of aryl methyl sites for hydroxylation is 2. The normalized spacial score (nSPS) is 10.7. The van der Waals surface area contributed by atoms with E-state index in [0.29, 0.717) is 39.8 Å². The Bertz CT molecular complexity index is 1430. The number of carbonyl (C=O) groups excluding carboxylic acids is 1. The molecule has 174 valence electrons. The van der Waals surface area contributed by atoms with Crippen LogP contribution in [0.15, 0.2) is 65.6 Å². The van der Waals surface area contributed by atoms with Gasteiger partial charge in [0.25, 0.3) is 11.5 Å². The van der Waals surface area contributed by atoms with Crippen molar-refractivity contribution in [2.45, 2.75) is 20.5 Å². The maximum atomic E-state index is 12.8. The zero-order valence-electron chi connectivity index (χ0n) is 19.4. The quantitative estimate of drug-likeness (QED) is 0.446. The van der Waals surface area contributed by atoms with Gasteiger partial charge in [0, 0.05) is 29.6 Å². The fourth-order valence-corrected chi connectivity index (χ4v) is 3.55. The molecule has 0 unspecified atom stereocenters. The molecule has 0 spiro atoms. The molecule has 34 heavy (non-hydrogen) atoms. The Kier molecular flexibility index (Phi) is 6.49. The number of nitrogens with zero attached hydrogens (tertiary/aromatic N) is 2. The van der Waals surface area contributed by atoms with Crippen LogP contribution in [0.3, 0.4) is 0 Å². The summed E-state index contributed by atoms with van der Waals surface area (Å²) in [4.78, 5) is 29.8. The summed E-state index contributed by atoms with van der Waals surface area (Å²) in [6, 6.07) is 15.5. The van der Waals surface area contributed by atoms with Crippen LogP contribution < -0.4 is 25.1 Å². The first kappa shape index (κ1) is 22.8. The summed E-state index contributed by atoms with van der Waals surface area (Å²) in [5.41, 5.74) is 3.75. The topological polar surface area (TPSA) is 91.2 Å². The molecule has 8 heteroatoms. The smallest absolute Gasteiger partial charge is 0.258 e. The minimum atomic E-state index is -0.296.